The lowest BCUT2D eigenvalue weighted by Gasteiger charge is -2.13. The fourth-order valence-electron chi connectivity index (χ4n) is 4.41. The van der Waals surface area contributed by atoms with Gasteiger partial charge < -0.3 is 15.0 Å². The quantitative estimate of drug-likeness (QED) is 0.260. The van der Waals surface area contributed by atoms with Crippen LogP contribution < -0.4 is 10.1 Å². The van der Waals surface area contributed by atoms with Gasteiger partial charge in [-0.1, -0.05) is 42.5 Å². The standard InChI is InChI=1S/C29H23N5O/c1-18-17-31-27-26(18)33-29(32-21-12-8-19(9-13-21)5-4-16-30)34-28(27)35-25-15-14-22(20-10-11-20)23-6-2-3-7-24(23)25/h2-9,12-15,17,20,31H,10-11H2,1H3,(H,32,33,34)/b5-4+. The predicted molar refractivity (Wildman–Crippen MR) is 139 cm³/mol. The van der Waals surface area contributed by atoms with E-state index in [1.54, 1.807) is 6.08 Å². The van der Waals surface area contributed by atoms with Gasteiger partial charge in [0.15, 0.2) is 0 Å². The van der Waals surface area contributed by atoms with Crippen molar-refractivity contribution in [3.63, 3.8) is 0 Å². The number of benzene rings is 3. The van der Waals surface area contributed by atoms with Crippen LogP contribution in [-0.4, -0.2) is 15.0 Å². The second-order valence-corrected chi connectivity index (χ2v) is 8.83. The second-order valence-electron chi connectivity index (χ2n) is 8.83. The van der Waals surface area contributed by atoms with Crippen LogP contribution >= 0.6 is 0 Å². The number of fused-ring (bicyclic) bond motifs is 2. The number of hydrogen-bond donors (Lipinski definition) is 2. The Morgan fingerprint density at radius 3 is 2.60 bits per heavy atom. The summed E-state index contributed by atoms with van der Waals surface area (Å²) >= 11 is 0. The number of rotatable bonds is 6. The first-order chi connectivity index (χ1) is 17.2. The van der Waals surface area contributed by atoms with Gasteiger partial charge in [0.25, 0.3) is 0 Å². The van der Waals surface area contributed by atoms with Crippen LogP contribution in [-0.2, 0) is 0 Å². The molecule has 1 saturated carbocycles. The molecule has 6 nitrogen and oxygen atoms in total. The van der Waals surface area contributed by atoms with Crippen molar-refractivity contribution in [1.82, 2.24) is 15.0 Å². The molecule has 6 rings (SSSR count). The number of aromatic nitrogens is 3. The summed E-state index contributed by atoms with van der Waals surface area (Å²) in [5.41, 5.74) is 5.77. The molecular formula is C29H23N5O. The molecule has 0 spiro atoms. The summed E-state index contributed by atoms with van der Waals surface area (Å²) in [5, 5.41) is 14.3. The molecule has 35 heavy (non-hydrogen) atoms. The number of aryl methyl sites for hydroxylation is 1. The zero-order valence-electron chi connectivity index (χ0n) is 19.2. The van der Waals surface area contributed by atoms with Gasteiger partial charge in [-0.3, -0.25) is 0 Å². The van der Waals surface area contributed by atoms with Gasteiger partial charge in [-0.25, -0.2) is 4.98 Å². The number of hydrogen-bond acceptors (Lipinski definition) is 5. The fraction of sp³-hybridized carbons (Fsp3) is 0.138. The molecule has 2 N–H and O–H groups in total. The van der Waals surface area contributed by atoms with Crippen LogP contribution in [0, 0.1) is 18.3 Å². The third-order valence-electron chi connectivity index (χ3n) is 6.34. The van der Waals surface area contributed by atoms with E-state index in [1.165, 1.54) is 29.9 Å². The normalized spacial score (nSPS) is 13.4. The molecule has 0 bridgehead atoms. The second kappa shape index (κ2) is 8.62. The van der Waals surface area contributed by atoms with Crippen LogP contribution in [0.25, 0.3) is 27.9 Å². The average Bonchev–Trinajstić information content (AvgIpc) is 3.66. The lowest BCUT2D eigenvalue weighted by atomic mass is 10.0. The molecule has 2 aromatic heterocycles. The molecule has 1 aliphatic carbocycles. The molecular weight excluding hydrogens is 434 g/mol. The topological polar surface area (TPSA) is 86.6 Å². The Morgan fingerprint density at radius 1 is 1.03 bits per heavy atom. The largest absolute Gasteiger partial charge is 0.436 e. The molecule has 3 aromatic carbocycles. The van der Waals surface area contributed by atoms with Gasteiger partial charge in [0.05, 0.1) is 6.07 Å². The smallest absolute Gasteiger partial charge is 0.248 e. The van der Waals surface area contributed by atoms with Crippen molar-refractivity contribution in [1.29, 1.82) is 5.26 Å². The van der Waals surface area contributed by atoms with Crippen LogP contribution in [0.4, 0.5) is 11.6 Å². The maximum absolute atomic E-state index is 8.72. The minimum absolute atomic E-state index is 0.453. The molecule has 170 valence electrons. The SMILES string of the molecule is Cc1c[nH]c2c(Oc3ccc(C4CC4)c4ccccc34)nc(Nc3ccc(/C=C/C#N)cc3)nc12. The van der Waals surface area contributed by atoms with Crippen molar-refractivity contribution in [2.24, 2.45) is 0 Å². The lowest BCUT2D eigenvalue weighted by molar-refractivity contribution is 0.473. The third kappa shape index (κ3) is 4.09. The van der Waals surface area contributed by atoms with E-state index in [2.05, 4.69) is 40.6 Å². The van der Waals surface area contributed by atoms with E-state index < -0.39 is 0 Å². The molecule has 1 fully saturated rings. The first kappa shape index (κ1) is 20.9. The summed E-state index contributed by atoms with van der Waals surface area (Å²) in [6, 6.07) is 22.4. The van der Waals surface area contributed by atoms with E-state index in [-0.39, 0.29) is 0 Å². The number of ether oxygens (including phenoxy) is 1. The van der Waals surface area contributed by atoms with E-state index in [4.69, 9.17) is 20.0 Å². The first-order valence-corrected chi connectivity index (χ1v) is 11.7. The highest BCUT2D eigenvalue weighted by molar-refractivity contribution is 5.92. The van der Waals surface area contributed by atoms with Crippen molar-refractivity contribution in [3.8, 4) is 17.7 Å². The molecule has 0 amide bonds. The number of nitriles is 1. The summed E-state index contributed by atoms with van der Waals surface area (Å²) in [6.07, 6.45) is 7.64. The van der Waals surface area contributed by atoms with E-state index in [0.717, 1.165) is 39.0 Å². The number of allylic oxidation sites excluding steroid dienone is 1. The van der Waals surface area contributed by atoms with Gasteiger partial charge in [-0.15, -0.1) is 0 Å². The van der Waals surface area contributed by atoms with Gasteiger partial charge in [0.1, 0.15) is 16.8 Å². The summed E-state index contributed by atoms with van der Waals surface area (Å²) in [7, 11) is 0. The van der Waals surface area contributed by atoms with Crippen molar-refractivity contribution in [2.75, 3.05) is 5.32 Å². The number of nitrogens with one attached hydrogen (secondary N) is 2. The maximum Gasteiger partial charge on any atom is 0.248 e. The highest BCUT2D eigenvalue weighted by Gasteiger charge is 2.26. The fourth-order valence-corrected chi connectivity index (χ4v) is 4.41. The monoisotopic (exact) mass is 457 g/mol. The first-order valence-electron chi connectivity index (χ1n) is 11.7. The molecule has 5 aromatic rings. The Bertz CT molecular complexity index is 1620. The predicted octanol–water partition coefficient (Wildman–Crippen LogP) is 7.37. The molecule has 1 aliphatic rings. The van der Waals surface area contributed by atoms with Crippen LogP contribution in [0.15, 0.2) is 72.9 Å². The zero-order chi connectivity index (χ0) is 23.8. The van der Waals surface area contributed by atoms with Crippen LogP contribution in [0.1, 0.15) is 35.4 Å². The number of nitrogens with zero attached hydrogens (tertiary/aromatic N) is 3. The summed E-state index contributed by atoms with van der Waals surface area (Å²) < 4.78 is 6.45. The Labute approximate surface area is 202 Å². The van der Waals surface area contributed by atoms with Crippen molar-refractivity contribution < 1.29 is 4.74 Å². The highest BCUT2D eigenvalue weighted by atomic mass is 16.5. The molecule has 0 atom stereocenters. The van der Waals surface area contributed by atoms with Gasteiger partial charge in [-0.05, 0) is 72.0 Å². The molecule has 0 aliphatic heterocycles. The number of anilines is 2. The van der Waals surface area contributed by atoms with E-state index >= 15 is 0 Å². The molecule has 0 unspecified atom stereocenters. The zero-order valence-corrected chi connectivity index (χ0v) is 19.2. The Hall–Kier alpha value is -4.63. The molecule has 0 saturated heterocycles. The van der Waals surface area contributed by atoms with Crippen molar-refractivity contribution in [3.05, 3.63) is 89.6 Å². The Kier molecular flexibility index (Phi) is 5.16. The number of aromatic amines is 1. The lowest BCUT2D eigenvalue weighted by Crippen LogP contribution is -2.00. The van der Waals surface area contributed by atoms with Crippen molar-refractivity contribution >= 4 is 39.5 Å². The molecule has 2 heterocycles. The van der Waals surface area contributed by atoms with E-state index in [9.17, 15) is 0 Å². The summed E-state index contributed by atoms with van der Waals surface area (Å²) in [6.45, 7) is 2.01. The Morgan fingerprint density at radius 2 is 1.83 bits per heavy atom. The molecule has 6 heteroatoms. The summed E-state index contributed by atoms with van der Waals surface area (Å²) in [5.74, 6) is 2.36. The van der Waals surface area contributed by atoms with Crippen LogP contribution in [0.2, 0.25) is 0 Å². The maximum atomic E-state index is 8.72. The van der Waals surface area contributed by atoms with E-state index in [1.807, 2.05) is 49.5 Å². The summed E-state index contributed by atoms with van der Waals surface area (Å²) in [4.78, 5) is 12.7. The van der Waals surface area contributed by atoms with Crippen LogP contribution in [0.3, 0.4) is 0 Å². The number of H-pyrrole nitrogens is 1. The minimum atomic E-state index is 0.453. The average molecular weight is 458 g/mol. The minimum Gasteiger partial charge on any atom is -0.436 e. The third-order valence-corrected chi connectivity index (χ3v) is 6.34. The van der Waals surface area contributed by atoms with E-state index in [0.29, 0.717) is 17.7 Å². The molecule has 0 radical (unpaired) electrons. The van der Waals surface area contributed by atoms with Gasteiger partial charge in [0.2, 0.25) is 11.8 Å². The van der Waals surface area contributed by atoms with Gasteiger partial charge in [0, 0.05) is 23.3 Å². The highest BCUT2D eigenvalue weighted by Crippen LogP contribution is 2.45. The van der Waals surface area contributed by atoms with Crippen molar-refractivity contribution in [2.45, 2.75) is 25.7 Å². The van der Waals surface area contributed by atoms with Crippen LogP contribution in [0.5, 0.6) is 11.6 Å². The van der Waals surface area contributed by atoms with Gasteiger partial charge in [-0.2, -0.15) is 10.2 Å². The Balaban J connectivity index is 1.37. The van der Waals surface area contributed by atoms with Gasteiger partial charge >= 0.3 is 0 Å².